The molecule has 0 saturated carbocycles. The molecule has 0 amide bonds. The number of nitrogens with zero attached hydrogens (tertiary/aromatic N) is 3. The Kier molecular flexibility index (Phi) is 4.14. The zero-order valence-electron chi connectivity index (χ0n) is 13.2. The van der Waals surface area contributed by atoms with E-state index in [2.05, 4.69) is 14.9 Å². The number of anilines is 1. The molecule has 0 aliphatic carbocycles. The van der Waals surface area contributed by atoms with Crippen molar-refractivity contribution in [2.75, 3.05) is 24.6 Å². The van der Waals surface area contributed by atoms with E-state index in [0.29, 0.717) is 17.2 Å². The lowest BCUT2D eigenvalue weighted by molar-refractivity contribution is -0.164. The summed E-state index contributed by atoms with van der Waals surface area (Å²) in [6.07, 6.45) is 4.56. The molecule has 6 nitrogen and oxygen atoms in total. The van der Waals surface area contributed by atoms with Crippen LogP contribution in [0.25, 0.3) is 0 Å². The summed E-state index contributed by atoms with van der Waals surface area (Å²) < 4.78 is 5.92. The topological polar surface area (TPSA) is 75.6 Å². The van der Waals surface area contributed by atoms with Crippen molar-refractivity contribution >= 4 is 11.7 Å². The molecular formula is C16H23N3O3. The molecule has 0 aromatic carbocycles. The molecule has 0 radical (unpaired) electrons. The van der Waals surface area contributed by atoms with E-state index in [0.717, 1.165) is 45.4 Å². The van der Waals surface area contributed by atoms with Crippen molar-refractivity contribution in [3.05, 3.63) is 17.5 Å². The average Bonchev–Trinajstić information content (AvgIpc) is 2.51. The second kappa shape index (κ2) is 5.93. The lowest BCUT2D eigenvalue weighted by atomic mass is 9.82. The number of rotatable bonds is 2. The van der Waals surface area contributed by atoms with E-state index in [1.807, 2.05) is 6.92 Å². The number of aryl methyl sites for hydroxylation is 1. The molecule has 2 saturated heterocycles. The van der Waals surface area contributed by atoms with Gasteiger partial charge in [0.2, 0.25) is 5.95 Å². The van der Waals surface area contributed by atoms with Crippen molar-refractivity contribution in [1.82, 2.24) is 9.97 Å². The third kappa shape index (κ3) is 2.73. The van der Waals surface area contributed by atoms with E-state index in [9.17, 15) is 9.90 Å². The van der Waals surface area contributed by atoms with Crippen molar-refractivity contribution in [3.63, 3.8) is 0 Å². The molecule has 1 spiro atoms. The number of aliphatic hydroxyl groups excluding tert-OH is 1. The zero-order chi connectivity index (χ0) is 15.7. The van der Waals surface area contributed by atoms with Gasteiger partial charge in [-0.3, -0.25) is 4.79 Å². The number of hydrogen-bond acceptors (Lipinski definition) is 6. The molecule has 3 rings (SSSR count). The Morgan fingerprint density at radius 3 is 2.77 bits per heavy atom. The summed E-state index contributed by atoms with van der Waals surface area (Å²) >= 11 is 0. The summed E-state index contributed by atoms with van der Waals surface area (Å²) in [5.41, 5.74) is 0.901. The van der Waals surface area contributed by atoms with Gasteiger partial charge in [0.1, 0.15) is 0 Å². The highest BCUT2D eigenvalue weighted by atomic mass is 16.5. The molecule has 1 aromatic heterocycles. The first kappa shape index (κ1) is 15.4. The van der Waals surface area contributed by atoms with Gasteiger partial charge < -0.3 is 14.7 Å². The van der Waals surface area contributed by atoms with Crippen LogP contribution in [0.4, 0.5) is 5.95 Å². The van der Waals surface area contributed by atoms with Crippen LogP contribution in [-0.4, -0.2) is 52.3 Å². The molecule has 3 heterocycles. The molecule has 2 fully saturated rings. The smallest absolute Gasteiger partial charge is 0.225 e. The van der Waals surface area contributed by atoms with Gasteiger partial charge in [0.05, 0.1) is 23.0 Å². The molecule has 2 aliphatic rings. The number of piperidine rings is 1. The fraction of sp³-hybridized carbons (Fsp3) is 0.688. The maximum Gasteiger partial charge on any atom is 0.225 e. The van der Waals surface area contributed by atoms with Crippen molar-refractivity contribution < 1.29 is 14.6 Å². The van der Waals surface area contributed by atoms with Gasteiger partial charge in [-0.1, -0.05) is 0 Å². The first-order chi connectivity index (χ1) is 10.5. The van der Waals surface area contributed by atoms with Crippen LogP contribution in [0.15, 0.2) is 6.20 Å². The number of aliphatic hydroxyl groups is 1. The van der Waals surface area contributed by atoms with Crippen LogP contribution in [0.3, 0.4) is 0 Å². The van der Waals surface area contributed by atoms with Crippen LogP contribution in [0.2, 0.25) is 0 Å². The summed E-state index contributed by atoms with van der Waals surface area (Å²) in [5.74, 6) is 0.642. The standard InChI is InChI=1S/C16H23N3O3/c1-11-13(12(2)20)10-17-15(18-11)19-7-5-16(6-8-19)14(21)4-3-9-22-16/h10,14,21H,3-9H2,1-2H3. The molecule has 0 bridgehead atoms. The van der Waals surface area contributed by atoms with Crippen LogP contribution in [0.1, 0.15) is 48.7 Å². The normalized spacial score (nSPS) is 24.5. The fourth-order valence-electron chi connectivity index (χ4n) is 3.43. The molecule has 1 atom stereocenters. The molecule has 2 aliphatic heterocycles. The van der Waals surface area contributed by atoms with E-state index in [-0.39, 0.29) is 17.5 Å². The minimum absolute atomic E-state index is 0.0135. The minimum atomic E-state index is -0.386. The molecule has 22 heavy (non-hydrogen) atoms. The van der Waals surface area contributed by atoms with E-state index >= 15 is 0 Å². The number of Topliss-reactive ketones (excluding diaryl/α,β-unsaturated/α-hetero) is 1. The molecule has 1 N–H and O–H groups in total. The Bertz CT molecular complexity index is 568. The Labute approximate surface area is 130 Å². The number of carbonyl (C=O) groups excluding carboxylic acids is 1. The molecular weight excluding hydrogens is 282 g/mol. The van der Waals surface area contributed by atoms with Gasteiger partial charge in [0, 0.05) is 25.9 Å². The third-order valence-electron chi connectivity index (χ3n) is 4.86. The van der Waals surface area contributed by atoms with Crippen molar-refractivity contribution in [1.29, 1.82) is 0 Å². The van der Waals surface area contributed by atoms with Crippen molar-refractivity contribution in [2.24, 2.45) is 0 Å². The lowest BCUT2D eigenvalue weighted by Gasteiger charge is -2.46. The van der Waals surface area contributed by atoms with E-state index < -0.39 is 0 Å². The fourth-order valence-corrected chi connectivity index (χ4v) is 3.43. The summed E-state index contributed by atoms with van der Waals surface area (Å²) in [4.78, 5) is 22.3. The van der Waals surface area contributed by atoms with Gasteiger partial charge >= 0.3 is 0 Å². The summed E-state index contributed by atoms with van der Waals surface area (Å²) in [5, 5.41) is 10.3. The molecule has 120 valence electrons. The predicted molar refractivity (Wildman–Crippen MR) is 82.1 cm³/mol. The van der Waals surface area contributed by atoms with Gasteiger partial charge in [-0.15, -0.1) is 0 Å². The van der Waals surface area contributed by atoms with Crippen molar-refractivity contribution in [2.45, 2.75) is 51.2 Å². The Morgan fingerprint density at radius 2 is 2.18 bits per heavy atom. The van der Waals surface area contributed by atoms with Crippen LogP contribution in [0.5, 0.6) is 0 Å². The number of aromatic nitrogens is 2. The number of ether oxygens (including phenoxy) is 1. The van der Waals surface area contributed by atoms with Crippen LogP contribution < -0.4 is 4.90 Å². The largest absolute Gasteiger partial charge is 0.390 e. The van der Waals surface area contributed by atoms with E-state index in [1.165, 1.54) is 6.92 Å². The number of hydrogen-bond donors (Lipinski definition) is 1. The summed E-state index contributed by atoms with van der Waals surface area (Å²) in [6.45, 7) is 5.62. The molecule has 6 heteroatoms. The zero-order valence-corrected chi connectivity index (χ0v) is 13.2. The van der Waals surface area contributed by atoms with Crippen LogP contribution in [0, 0.1) is 6.92 Å². The second-order valence-electron chi connectivity index (χ2n) is 6.28. The van der Waals surface area contributed by atoms with Crippen LogP contribution in [-0.2, 0) is 4.74 Å². The highest BCUT2D eigenvalue weighted by Gasteiger charge is 2.44. The molecule has 1 unspecified atom stereocenters. The maximum atomic E-state index is 11.5. The van der Waals surface area contributed by atoms with Gasteiger partial charge in [-0.2, -0.15) is 0 Å². The lowest BCUT2D eigenvalue weighted by Crippen LogP contribution is -2.55. The Morgan fingerprint density at radius 1 is 1.45 bits per heavy atom. The SMILES string of the molecule is CC(=O)c1cnc(N2CCC3(CC2)OCCCC3O)nc1C. The van der Waals surface area contributed by atoms with Gasteiger partial charge in [0.15, 0.2) is 5.78 Å². The van der Waals surface area contributed by atoms with E-state index in [1.54, 1.807) is 6.20 Å². The van der Waals surface area contributed by atoms with E-state index in [4.69, 9.17) is 4.74 Å². The Hall–Kier alpha value is -1.53. The first-order valence-corrected chi connectivity index (χ1v) is 7.93. The summed E-state index contributed by atoms with van der Waals surface area (Å²) in [7, 11) is 0. The highest BCUT2D eigenvalue weighted by molar-refractivity contribution is 5.94. The predicted octanol–water partition coefficient (Wildman–Crippen LogP) is 1.50. The van der Waals surface area contributed by atoms with Gasteiger partial charge in [0.25, 0.3) is 0 Å². The monoisotopic (exact) mass is 305 g/mol. The van der Waals surface area contributed by atoms with Crippen LogP contribution >= 0.6 is 0 Å². The Balaban J connectivity index is 1.71. The van der Waals surface area contributed by atoms with Crippen molar-refractivity contribution in [3.8, 4) is 0 Å². The summed E-state index contributed by atoms with van der Waals surface area (Å²) in [6, 6.07) is 0. The van der Waals surface area contributed by atoms with Gasteiger partial charge in [-0.25, -0.2) is 9.97 Å². The maximum absolute atomic E-state index is 11.5. The quantitative estimate of drug-likeness (QED) is 0.835. The number of ketones is 1. The van der Waals surface area contributed by atoms with Gasteiger partial charge in [-0.05, 0) is 39.5 Å². The second-order valence-corrected chi connectivity index (χ2v) is 6.28. The highest BCUT2D eigenvalue weighted by Crippen LogP contribution is 2.35. The minimum Gasteiger partial charge on any atom is -0.390 e. The number of carbonyl (C=O) groups is 1. The third-order valence-corrected chi connectivity index (χ3v) is 4.86. The first-order valence-electron chi connectivity index (χ1n) is 7.93. The average molecular weight is 305 g/mol. The molecule has 1 aromatic rings.